The minimum absolute atomic E-state index is 0.0499. The van der Waals surface area contributed by atoms with E-state index in [2.05, 4.69) is 10.6 Å². The molecule has 0 amide bonds. The van der Waals surface area contributed by atoms with Crippen LogP contribution in [0.4, 0.5) is 34.1 Å². The van der Waals surface area contributed by atoms with Crippen molar-refractivity contribution in [1.82, 2.24) is 0 Å². The highest BCUT2D eigenvalue weighted by atomic mass is 32.2. The number of hydrogen-bond acceptors (Lipinski definition) is 12. The molecule has 8 rings (SSSR count). The molecule has 59 heavy (non-hydrogen) atoms. The van der Waals surface area contributed by atoms with E-state index < -0.39 is 69.9 Å². The average molecular weight is 829 g/mol. The number of nitrogens with two attached hydrogens (primary N) is 2. The molecular formula is C43H32N4O10S2. The summed E-state index contributed by atoms with van der Waals surface area (Å²) in [5.41, 5.74) is 12.3. The summed E-state index contributed by atoms with van der Waals surface area (Å²) in [6.45, 7) is 3.93. The Morgan fingerprint density at radius 3 is 1.05 bits per heavy atom. The van der Waals surface area contributed by atoms with Gasteiger partial charge in [0.05, 0.1) is 45.0 Å². The van der Waals surface area contributed by atoms with Crippen molar-refractivity contribution in [2.45, 2.75) is 29.1 Å². The van der Waals surface area contributed by atoms with Crippen LogP contribution in [0.3, 0.4) is 0 Å². The van der Waals surface area contributed by atoms with Crippen molar-refractivity contribution < 1.29 is 45.1 Å². The predicted molar refractivity (Wildman–Crippen MR) is 220 cm³/mol. The van der Waals surface area contributed by atoms with Crippen molar-refractivity contribution in [2.24, 2.45) is 0 Å². The standard InChI is InChI=1S/C43H32N4O10S2/c1-43(2,21-11-15-23(16-12-21)46-29-19-31(58(52,53)54)37(44)35-33(29)39(48)25-7-3-5-9-27(25)41(35)50)22-13-17-24(18-14-22)47-30-20-32(59(55,56)57)38(45)36-34(30)40(49)26-8-4-6-10-28(26)42(36)51/h3-20,46-47H,44-45H2,1-2H3,(H,52,53,54)(H,55,56,57). The molecule has 0 bridgehead atoms. The molecule has 8 N–H and O–H groups in total. The van der Waals surface area contributed by atoms with Gasteiger partial charge in [0.2, 0.25) is 0 Å². The summed E-state index contributed by atoms with van der Waals surface area (Å²) < 4.78 is 69.4. The van der Waals surface area contributed by atoms with Gasteiger partial charge >= 0.3 is 0 Å². The minimum Gasteiger partial charge on any atom is -0.397 e. The molecule has 296 valence electrons. The SMILES string of the molecule is CC(C)(c1ccc(Nc2cc(S(=O)(=O)O)c(N)c3c2C(=O)c2ccccc2C3=O)cc1)c1ccc(Nc2cc(S(=O)(=O)O)c(N)c3c2C(=O)c2ccccc2C3=O)cc1. The van der Waals surface area contributed by atoms with Gasteiger partial charge in [-0.15, -0.1) is 0 Å². The molecule has 0 aromatic heterocycles. The Balaban J connectivity index is 1.09. The molecule has 0 atom stereocenters. The summed E-state index contributed by atoms with van der Waals surface area (Å²) in [5.74, 6) is -2.43. The fraction of sp³-hybridized carbons (Fsp3) is 0.0698. The summed E-state index contributed by atoms with van der Waals surface area (Å²) >= 11 is 0. The lowest BCUT2D eigenvalue weighted by molar-refractivity contribution is 0.0980. The molecule has 0 unspecified atom stereocenters. The van der Waals surface area contributed by atoms with Crippen LogP contribution in [0.5, 0.6) is 0 Å². The first-order valence-corrected chi connectivity index (χ1v) is 20.7. The maximum Gasteiger partial charge on any atom is 0.296 e. The van der Waals surface area contributed by atoms with Crippen LogP contribution in [0.2, 0.25) is 0 Å². The number of anilines is 6. The summed E-state index contributed by atoms with van der Waals surface area (Å²) in [7, 11) is -9.82. The lowest BCUT2D eigenvalue weighted by atomic mass is 9.78. The number of carbonyl (C=O) groups excluding carboxylic acids is 4. The van der Waals surface area contributed by atoms with Gasteiger partial charge in [-0.3, -0.25) is 28.3 Å². The first-order valence-electron chi connectivity index (χ1n) is 17.8. The lowest BCUT2D eigenvalue weighted by Crippen LogP contribution is -2.25. The van der Waals surface area contributed by atoms with E-state index in [1.807, 2.05) is 38.1 Å². The highest BCUT2D eigenvalue weighted by Crippen LogP contribution is 2.42. The Bertz CT molecular complexity index is 2900. The smallest absolute Gasteiger partial charge is 0.296 e. The molecule has 6 aromatic rings. The van der Waals surface area contributed by atoms with E-state index >= 15 is 0 Å². The zero-order chi connectivity index (χ0) is 42.3. The second-order valence-electron chi connectivity index (χ2n) is 14.6. The second-order valence-corrected chi connectivity index (χ2v) is 17.3. The maximum absolute atomic E-state index is 13.7. The molecule has 6 aromatic carbocycles. The van der Waals surface area contributed by atoms with Gasteiger partial charge < -0.3 is 22.1 Å². The molecular weight excluding hydrogens is 797 g/mol. The van der Waals surface area contributed by atoms with Gasteiger partial charge in [-0.1, -0.05) is 86.6 Å². The monoisotopic (exact) mass is 828 g/mol. The Kier molecular flexibility index (Phi) is 8.94. The third-order valence-electron chi connectivity index (χ3n) is 10.7. The van der Waals surface area contributed by atoms with Crippen LogP contribution >= 0.6 is 0 Å². The van der Waals surface area contributed by atoms with Crippen molar-refractivity contribution in [2.75, 3.05) is 22.1 Å². The van der Waals surface area contributed by atoms with Crippen LogP contribution in [-0.4, -0.2) is 49.1 Å². The van der Waals surface area contributed by atoms with Gasteiger partial charge in [0.15, 0.2) is 23.1 Å². The van der Waals surface area contributed by atoms with Crippen LogP contribution < -0.4 is 22.1 Å². The van der Waals surface area contributed by atoms with Crippen LogP contribution in [0.25, 0.3) is 0 Å². The summed E-state index contributed by atoms with van der Waals surface area (Å²) in [4.78, 5) is 53.1. The van der Waals surface area contributed by atoms with Crippen LogP contribution in [0, 0.1) is 0 Å². The number of carbonyl (C=O) groups is 4. The van der Waals surface area contributed by atoms with Gasteiger partial charge in [-0.2, -0.15) is 16.8 Å². The molecule has 16 heteroatoms. The quantitative estimate of drug-likeness (QED) is 0.0688. The highest BCUT2D eigenvalue weighted by molar-refractivity contribution is 7.86. The van der Waals surface area contributed by atoms with Crippen molar-refractivity contribution in [1.29, 1.82) is 0 Å². The van der Waals surface area contributed by atoms with Crippen LogP contribution in [0.15, 0.2) is 119 Å². The van der Waals surface area contributed by atoms with Gasteiger partial charge in [-0.05, 0) is 47.5 Å². The van der Waals surface area contributed by atoms with Crippen molar-refractivity contribution >= 4 is 77.5 Å². The molecule has 2 aliphatic rings. The van der Waals surface area contributed by atoms with Gasteiger partial charge in [0, 0.05) is 39.0 Å². The molecule has 0 fully saturated rings. The molecule has 0 spiro atoms. The zero-order valence-corrected chi connectivity index (χ0v) is 32.7. The topological polar surface area (TPSA) is 253 Å². The Morgan fingerprint density at radius 2 is 0.763 bits per heavy atom. The van der Waals surface area contributed by atoms with Gasteiger partial charge in [-0.25, -0.2) is 0 Å². The van der Waals surface area contributed by atoms with Gasteiger partial charge in [0.1, 0.15) is 9.79 Å². The Hall–Kier alpha value is -6.98. The minimum atomic E-state index is -4.91. The first-order chi connectivity index (χ1) is 27.8. The maximum atomic E-state index is 13.7. The molecule has 0 aliphatic heterocycles. The van der Waals surface area contributed by atoms with Crippen molar-refractivity contribution in [3.8, 4) is 0 Å². The van der Waals surface area contributed by atoms with E-state index in [1.54, 1.807) is 48.5 Å². The fourth-order valence-corrected chi connectivity index (χ4v) is 8.92. The van der Waals surface area contributed by atoms with Gasteiger partial charge in [0.25, 0.3) is 20.2 Å². The lowest BCUT2D eigenvalue weighted by Gasteiger charge is -2.27. The zero-order valence-electron chi connectivity index (χ0n) is 31.0. The summed E-state index contributed by atoms with van der Waals surface area (Å²) in [5, 5.41) is 6.07. The van der Waals surface area contributed by atoms with E-state index in [0.29, 0.717) is 11.4 Å². The number of rotatable bonds is 8. The number of fused-ring (bicyclic) bond motifs is 4. The number of hydrogen-bond donors (Lipinski definition) is 6. The third kappa shape index (κ3) is 6.34. The van der Waals surface area contributed by atoms with Crippen LogP contribution in [0.1, 0.15) is 88.7 Å². The summed E-state index contributed by atoms with van der Waals surface area (Å²) in [6, 6.07) is 28.2. The van der Waals surface area contributed by atoms with E-state index in [-0.39, 0.29) is 55.9 Å². The first kappa shape index (κ1) is 38.9. The molecule has 0 saturated heterocycles. The highest BCUT2D eigenvalue weighted by Gasteiger charge is 2.38. The number of benzene rings is 6. The molecule has 14 nitrogen and oxygen atoms in total. The van der Waals surface area contributed by atoms with Crippen molar-refractivity contribution in [3.63, 3.8) is 0 Å². The Morgan fingerprint density at radius 1 is 0.475 bits per heavy atom. The third-order valence-corrected chi connectivity index (χ3v) is 12.5. The average Bonchev–Trinajstić information content (AvgIpc) is 3.19. The molecule has 0 heterocycles. The fourth-order valence-electron chi connectivity index (χ4n) is 7.63. The molecule has 2 aliphatic carbocycles. The van der Waals surface area contributed by atoms with E-state index in [0.717, 1.165) is 23.3 Å². The number of nitrogen functional groups attached to an aromatic ring is 2. The largest absolute Gasteiger partial charge is 0.397 e. The molecule has 0 radical (unpaired) electrons. The predicted octanol–water partition coefficient (Wildman–Crippen LogP) is 6.71. The number of ketones is 4. The van der Waals surface area contributed by atoms with Crippen LogP contribution in [-0.2, 0) is 25.7 Å². The normalized spacial score (nSPS) is 13.6. The van der Waals surface area contributed by atoms with E-state index in [1.165, 1.54) is 24.3 Å². The summed E-state index contributed by atoms with van der Waals surface area (Å²) in [6.07, 6.45) is 0. The Labute approximate surface area is 337 Å². The van der Waals surface area contributed by atoms with E-state index in [9.17, 15) is 45.1 Å². The second kappa shape index (κ2) is 13.6. The van der Waals surface area contributed by atoms with Crippen molar-refractivity contribution in [3.05, 3.63) is 165 Å². The van der Waals surface area contributed by atoms with E-state index in [4.69, 9.17) is 11.5 Å². The number of nitrogens with one attached hydrogen (secondary N) is 2. The molecule has 0 saturated carbocycles.